The summed E-state index contributed by atoms with van der Waals surface area (Å²) in [5.74, 6) is 0.912. The van der Waals surface area contributed by atoms with Crippen LogP contribution in [0.15, 0.2) is 53.2 Å². The van der Waals surface area contributed by atoms with E-state index in [1.165, 1.54) is 18.7 Å². The minimum atomic E-state index is -0.255. The first-order chi connectivity index (χ1) is 19.4. The third-order valence-electron chi connectivity index (χ3n) is 8.05. The van der Waals surface area contributed by atoms with Gasteiger partial charge in [-0.2, -0.15) is 0 Å². The zero-order valence-electron chi connectivity index (χ0n) is 22.6. The number of amides is 4. The van der Waals surface area contributed by atoms with Crippen molar-refractivity contribution in [3.8, 4) is 11.6 Å². The van der Waals surface area contributed by atoms with Gasteiger partial charge in [0.1, 0.15) is 5.75 Å². The van der Waals surface area contributed by atoms with Crippen molar-refractivity contribution in [3.63, 3.8) is 0 Å². The molecule has 0 bridgehead atoms. The summed E-state index contributed by atoms with van der Waals surface area (Å²) in [6.07, 6.45) is 5.91. The maximum absolute atomic E-state index is 13.6. The standard InChI is InChI=1S/C29H34N6O4S/c1-16-13-23(39-20-9-4-3-5-10-20)31-15-22(16)35-21-11-12-30-28-24(21)25(34-29(35)38)26(40-28)27(37)33-19-8-6-7-18(14-19)32-17(2)36/h3-5,9-10,13,15,18-19,21,24,28,30H,6-8,11-12,14H2,1-2H3,(H,32,36)(H,33,37)(H,34,38)/t18-,19+,21?,24?,28?/m1/s1. The summed E-state index contributed by atoms with van der Waals surface area (Å²) in [5.41, 5.74) is 2.32. The molecule has 4 heterocycles. The molecule has 2 saturated heterocycles. The lowest BCUT2D eigenvalue weighted by atomic mass is 9.86. The largest absolute Gasteiger partial charge is 0.439 e. The quantitative estimate of drug-likeness (QED) is 0.425. The number of carbonyl (C=O) groups excluding carboxylic acids is 3. The van der Waals surface area contributed by atoms with Crippen LogP contribution in [0.5, 0.6) is 11.6 Å². The van der Waals surface area contributed by atoms with E-state index in [2.05, 4.69) is 26.3 Å². The molecule has 4 N–H and O–H groups in total. The van der Waals surface area contributed by atoms with E-state index >= 15 is 0 Å². The van der Waals surface area contributed by atoms with Gasteiger partial charge in [-0.3, -0.25) is 14.5 Å². The average Bonchev–Trinajstić information content (AvgIpc) is 3.29. The van der Waals surface area contributed by atoms with E-state index in [1.54, 1.807) is 11.1 Å². The number of anilines is 1. The number of carbonyl (C=O) groups is 3. The monoisotopic (exact) mass is 562 g/mol. The molecule has 3 fully saturated rings. The number of aromatic nitrogens is 1. The van der Waals surface area contributed by atoms with E-state index in [4.69, 9.17) is 4.74 Å². The van der Waals surface area contributed by atoms with Crippen LogP contribution in [0.4, 0.5) is 10.5 Å². The molecule has 10 nitrogen and oxygen atoms in total. The average molecular weight is 563 g/mol. The van der Waals surface area contributed by atoms with Gasteiger partial charge in [0.25, 0.3) is 5.91 Å². The number of nitrogens with one attached hydrogen (secondary N) is 4. The van der Waals surface area contributed by atoms with Crippen LogP contribution in [0.2, 0.25) is 0 Å². The zero-order valence-corrected chi connectivity index (χ0v) is 23.4. The van der Waals surface area contributed by atoms with Crippen molar-refractivity contribution < 1.29 is 19.1 Å². The van der Waals surface area contributed by atoms with E-state index < -0.39 is 0 Å². The minimum Gasteiger partial charge on any atom is -0.439 e. The van der Waals surface area contributed by atoms with Crippen molar-refractivity contribution in [1.82, 2.24) is 26.3 Å². The summed E-state index contributed by atoms with van der Waals surface area (Å²) in [6, 6.07) is 11.0. The number of benzene rings is 1. The Morgan fingerprint density at radius 2 is 1.90 bits per heavy atom. The highest BCUT2D eigenvalue weighted by atomic mass is 32.2. The molecule has 1 aliphatic carbocycles. The number of aryl methyl sites for hydroxylation is 1. The highest BCUT2D eigenvalue weighted by Gasteiger charge is 2.52. The summed E-state index contributed by atoms with van der Waals surface area (Å²) in [6.45, 7) is 4.22. The molecule has 40 heavy (non-hydrogen) atoms. The van der Waals surface area contributed by atoms with Crippen LogP contribution in [0.25, 0.3) is 0 Å². The Morgan fingerprint density at radius 3 is 2.65 bits per heavy atom. The third kappa shape index (κ3) is 5.27. The molecule has 3 aliphatic heterocycles. The van der Waals surface area contributed by atoms with Gasteiger partial charge in [-0.15, -0.1) is 0 Å². The third-order valence-corrected chi connectivity index (χ3v) is 9.40. The maximum Gasteiger partial charge on any atom is 0.326 e. The van der Waals surface area contributed by atoms with Gasteiger partial charge >= 0.3 is 6.03 Å². The van der Waals surface area contributed by atoms with Gasteiger partial charge in [-0.1, -0.05) is 30.0 Å². The number of nitrogens with zero attached hydrogens (tertiary/aromatic N) is 2. The van der Waals surface area contributed by atoms with Crippen LogP contribution >= 0.6 is 11.8 Å². The predicted octanol–water partition coefficient (Wildman–Crippen LogP) is 3.54. The number of para-hydroxylation sites is 1. The van der Waals surface area contributed by atoms with Gasteiger partial charge in [0.2, 0.25) is 11.8 Å². The van der Waals surface area contributed by atoms with Gasteiger partial charge in [-0.25, -0.2) is 9.78 Å². The smallest absolute Gasteiger partial charge is 0.326 e. The Kier molecular flexibility index (Phi) is 7.41. The SMILES string of the molecule is CC(=O)N[C@@H]1CCC[C@H](NC(=O)C2=C3NC(=O)N(c4cnc(Oc5ccccc5)cc4C)C4CCNC(S2)C34)C1. The minimum absolute atomic E-state index is 0.00923. The van der Waals surface area contributed by atoms with Crippen molar-refractivity contribution in [1.29, 1.82) is 0 Å². The first-order valence-corrected chi connectivity index (χ1v) is 14.8. The fourth-order valence-electron chi connectivity index (χ4n) is 6.33. The number of ether oxygens (including phenoxy) is 1. The molecule has 0 spiro atoms. The van der Waals surface area contributed by atoms with Crippen LogP contribution in [0.1, 0.15) is 44.6 Å². The van der Waals surface area contributed by atoms with Crippen molar-refractivity contribution in [2.45, 2.75) is 69.5 Å². The summed E-state index contributed by atoms with van der Waals surface area (Å²) in [7, 11) is 0. The van der Waals surface area contributed by atoms with Crippen LogP contribution < -0.4 is 30.9 Å². The molecule has 11 heteroatoms. The summed E-state index contributed by atoms with van der Waals surface area (Å²) < 4.78 is 5.89. The van der Waals surface area contributed by atoms with Crippen molar-refractivity contribution in [2.75, 3.05) is 11.4 Å². The Bertz CT molecular complexity index is 1350. The van der Waals surface area contributed by atoms with Crippen LogP contribution in [0.3, 0.4) is 0 Å². The van der Waals surface area contributed by atoms with Crippen LogP contribution in [-0.2, 0) is 9.59 Å². The molecule has 1 saturated carbocycles. The maximum atomic E-state index is 13.6. The number of urea groups is 1. The molecule has 210 valence electrons. The lowest BCUT2D eigenvalue weighted by Crippen LogP contribution is -2.62. The zero-order chi connectivity index (χ0) is 27.8. The first-order valence-electron chi connectivity index (χ1n) is 13.9. The molecule has 6 rings (SSSR count). The van der Waals surface area contributed by atoms with E-state index in [-0.39, 0.29) is 47.3 Å². The fraction of sp³-hybridized carbons (Fsp3) is 0.448. The molecular weight excluding hydrogens is 528 g/mol. The number of rotatable bonds is 6. The Hall–Kier alpha value is -3.57. The molecule has 4 aliphatic rings. The number of hydrogen-bond donors (Lipinski definition) is 4. The van der Waals surface area contributed by atoms with E-state index in [1.807, 2.05) is 43.3 Å². The molecular formula is C29H34N6O4S. The first kappa shape index (κ1) is 26.6. The second-order valence-electron chi connectivity index (χ2n) is 10.9. The molecule has 3 unspecified atom stereocenters. The van der Waals surface area contributed by atoms with Crippen molar-refractivity contribution in [2.24, 2.45) is 5.92 Å². The second-order valence-corrected chi connectivity index (χ2v) is 12.0. The Balaban J connectivity index is 1.21. The van der Waals surface area contributed by atoms with Crippen LogP contribution in [0, 0.1) is 12.8 Å². The fourth-order valence-corrected chi connectivity index (χ4v) is 7.73. The number of piperidine rings is 1. The lowest BCUT2D eigenvalue weighted by Gasteiger charge is -2.46. The van der Waals surface area contributed by atoms with E-state index in [0.29, 0.717) is 28.7 Å². The number of hydrogen-bond acceptors (Lipinski definition) is 7. The molecule has 1 aromatic heterocycles. The van der Waals surface area contributed by atoms with Gasteiger partial charge in [0.05, 0.1) is 28.2 Å². The number of thioether (sulfide) groups is 1. The van der Waals surface area contributed by atoms with E-state index in [0.717, 1.165) is 43.5 Å². The highest BCUT2D eigenvalue weighted by molar-refractivity contribution is 8.04. The topological polar surface area (TPSA) is 125 Å². The van der Waals surface area contributed by atoms with Gasteiger partial charge < -0.3 is 26.0 Å². The van der Waals surface area contributed by atoms with Gasteiger partial charge in [-0.05, 0) is 63.3 Å². The van der Waals surface area contributed by atoms with Crippen LogP contribution in [-0.4, -0.2) is 52.9 Å². The second kappa shape index (κ2) is 11.1. The Morgan fingerprint density at radius 1 is 1.12 bits per heavy atom. The molecule has 2 aromatic rings. The molecule has 0 radical (unpaired) electrons. The summed E-state index contributed by atoms with van der Waals surface area (Å²) >= 11 is 1.50. The Labute approximate surface area is 237 Å². The number of pyridine rings is 1. The predicted molar refractivity (Wildman–Crippen MR) is 153 cm³/mol. The molecule has 4 amide bonds. The van der Waals surface area contributed by atoms with Crippen molar-refractivity contribution in [3.05, 3.63) is 58.8 Å². The molecule has 1 aromatic carbocycles. The van der Waals surface area contributed by atoms with Crippen molar-refractivity contribution >= 4 is 35.3 Å². The lowest BCUT2D eigenvalue weighted by molar-refractivity contribution is -0.119. The molecule has 5 atom stereocenters. The summed E-state index contributed by atoms with van der Waals surface area (Å²) in [4.78, 5) is 45.5. The summed E-state index contributed by atoms with van der Waals surface area (Å²) in [5, 5.41) is 12.8. The van der Waals surface area contributed by atoms with E-state index in [9.17, 15) is 14.4 Å². The highest BCUT2D eigenvalue weighted by Crippen LogP contribution is 2.48. The normalized spacial score (nSPS) is 27.5. The van der Waals surface area contributed by atoms with Gasteiger partial charge in [0, 0.05) is 36.7 Å². The van der Waals surface area contributed by atoms with Gasteiger partial charge in [0.15, 0.2) is 0 Å².